The number of nitrogens with zero attached hydrogens (tertiary/aromatic N) is 1. The number of rotatable bonds is 7. The fourth-order valence-electron chi connectivity index (χ4n) is 2.52. The first-order chi connectivity index (χ1) is 9.31. The van der Waals surface area contributed by atoms with Crippen LogP contribution in [0, 0.1) is 5.92 Å². The van der Waals surface area contributed by atoms with Crippen molar-refractivity contribution in [3.8, 4) is 0 Å². The Hall–Kier alpha value is -1.35. The van der Waals surface area contributed by atoms with Crippen molar-refractivity contribution in [1.29, 1.82) is 0 Å². The van der Waals surface area contributed by atoms with E-state index in [1.54, 1.807) is 0 Å². The van der Waals surface area contributed by atoms with Crippen molar-refractivity contribution in [2.75, 3.05) is 6.54 Å². The molecule has 112 valence electrons. The lowest BCUT2D eigenvalue weighted by molar-refractivity contribution is -0.139. The van der Waals surface area contributed by atoms with Crippen LogP contribution in [0.25, 0.3) is 0 Å². The molecule has 0 spiro atoms. The van der Waals surface area contributed by atoms with E-state index in [1.807, 2.05) is 18.7 Å². The molecule has 0 aliphatic heterocycles. The van der Waals surface area contributed by atoms with Crippen LogP contribution in [0.5, 0.6) is 0 Å². The summed E-state index contributed by atoms with van der Waals surface area (Å²) in [6.07, 6.45) is 1.08. The maximum absolute atomic E-state index is 11.0. The zero-order valence-electron chi connectivity index (χ0n) is 13.3. The standard InChI is InChI=1S/C17H27NO2/c1-12(2)10-15-6-8-16(9-7-15)14(5)18(13(3)4)11-17(19)20/h6-9,12-14H,10-11H2,1-5H3,(H,19,20). The van der Waals surface area contributed by atoms with Gasteiger partial charge in [-0.05, 0) is 44.2 Å². The largest absolute Gasteiger partial charge is 0.480 e. The molecule has 0 saturated heterocycles. The quantitative estimate of drug-likeness (QED) is 0.825. The van der Waals surface area contributed by atoms with E-state index in [0.717, 1.165) is 6.42 Å². The minimum Gasteiger partial charge on any atom is -0.480 e. The predicted molar refractivity (Wildman–Crippen MR) is 82.9 cm³/mol. The van der Waals surface area contributed by atoms with Crippen LogP contribution in [-0.2, 0) is 11.2 Å². The summed E-state index contributed by atoms with van der Waals surface area (Å²) < 4.78 is 0. The van der Waals surface area contributed by atoms with Crippen LogP contribution in [0.1, 0.15) is 51.8 Å². The van der Waals surface area contributed by atoms with Crippen molar-refractivity contribution >= 4 is 5.97 Å². The first kappa shape index (κ1) is 16.7. The number of hydrogen-bond donors (Lipinski definition) is 1. The molecule has 0 aliphatic carbocycles. The summed E-state index contributed by atoms with van der Waals surface area (Å²) in [7, 11) is 0. The maximum Gasteiger partial charge on any atom is 0.317 e. The molecule has 20 heavy (non-hydrogen) atoms. The molecular formula is C17H27NO2. The molecule has 0 heterocycles. The van der Waals surface area contributed by atoms with E-state index >= 15 is 0 Å². The van der Waals surface area contributed by atoms with Gasteiger partial charge in [-0.2, -0.15) is 0 Å². The van der Waals surface area contributed by atoms with Crippen LogP contribution in [0.3, 0.4) is 0 Å². The van der Waals surface area contributed by atoms with Gasteiger partial charge in [0.05, 0.1) is 6.54 Å². The molecule has 0 saturated carbocycles. The fourth-order valence-corrected chi connectivity index (χ4v) is 2.52. The fraction of sp³-hybridized carbons (Fsp3) is 0.588. The van der Waals surface area contributed by atoms with Crippen LogP contribution in [-0.4, -0.2) is 28.6 Å². The van der Waals surface area contributed by atoms with E-state index in [0.29, 0.717) is 5.92 Å². The summed E-state index contributed by atoms with van der Waals surface area (Å²) in [6, 6.07) is 8.88. The Morgan fingerprint density at radius 3 is 2.05 bits per heavy atom. The van der Waals surface area contributed by atoms with Gasteiger partial charge in [-0.1, -0.05) is 38.1 Å². The number of benzene rings is 1. The Kier molecular flexibility index (Phi) is 6.21. The third-order valence-electron chi connectivity index (χ3n) is 3.58. The van der Waals surface area contributed by atoms with Crippen molar-refractivity contribution in [2.45, 2.75) is 53.1 Å². The minimum absolute atomic E-state index is 0.0760. The Labute approximate surface area is 122 Å². The van der Waals surface area contributed by atoms with Gasteiger partial charge in [0, 0.05) is 12.1 Å². The highest BCUT2D eigenvalue weighted by atomic mass is 16.4. The van der Waals surface area contributed by atoms with Crippen molar-refractivity contribution in [3.63, 3.8) is 0 Å². The average Bonchev–Trinajstić information content (AvgIpc) is 2.35. The predicted octanol–water partition coefficient (Wildman–Crippen LogP) is 3.74. The van der Waals surface area contributed by atoms with Gasteiger partial charge in [0.15, 0.2) is 0 Å². The summed E-state index contributed by atoms with van der Waals surface area (Å²) >= 11 is 0. The zero-order chi connectivity index (χ0) is 15.3. The molecule has 0 bridgehead atoms. The monoisotopic (exact) mass is 277 g/mol. The van der Waals surface area contributed by atoms with Crippen molar-refractivity contribution in [3.05, 3.63) is 35.4 Å². The van der Waals surface area contributed by atoms with E-state index < -0.39 is 5.97 Å². The second kappa shape index (κ2) is 7.44. The molecule has 3 nitrogen and oxygen atoms in total. The van der Waals surface area contributed by atoms with Gasteiger partial charge in [0.2, 0.25) is 0 Å². The number of carbonyl (C=O) groups is 1. The average molecular weight is 277 g/mol. The van der Waals surface area contributed by atoms with Crippen LogP contribution in [0.4, 0.5) is 0 Å². The second-order valence-electron chi connectivity index (χ2n) is 6.18. The van der Waals surface area contributed by atoms with Crippen LogP contribution in [0.15, 0.2) is 24.3 Å². The highest BCUT2D eigenvalue weighted by molar-refractivity contribution is 5.69. The lowest BCUT2D eigenvalue weighted by Gasteiger charge is -2.31. The number of carboxylic acid groups (broad SMARTS) is 1. The lowest BCUT2D eigenvalue weighted by atomic mass is 9.99. The molecule has 0 aromatic heterocycles. The SMILES string of the molecule is CC(C)Cc1ccc(C(C)N(CC(=O)O)C(C)C)cc1. The van der Waals surface area contributed by atoms with Crippen LogP contribution >= 0.6 is 0 Å². The Morgan fingerprint density at radius 2 is 1.65 bits per heavy atom. The first-order valence-electron chi connectivity index (χ1n) is 7.37. The van der Waals surface area contributed by atoms with Gasteiger partial charge in [-0.25, -0.2) is 0 Å². The molecule has 1 unspecified atom stereocenters. The summed E-state index contributed by atoms with van der Waals surface area (Å²) in [4.78, 5) is 13.0. The Morgan fingerprint density at radius 1 is 1.10 bits per heavy atom. The van der Waals surface area contributed by atoms with Gasteiger partial charge in [-0.15, -0.1) is 0 Å². The van der Waals surface area contributed by atoms with Gasteiger partial charge in [0.25, 0.3) is 0 Å². The van der Waals surface area contributed by atoms with Gasteiger partial charge in [0.1, 0.15) is 0 Å². The summed E-state index contributed by atoms with van der Waals surface area (Å²) in [5, 5.41) is 9.03. The van der Waals surface area contributed by atoms with E-state index in [-0.39, 0.29) is 18.6 Å². The molecule has 1 aromatic rings. The van der Waals surface area contributed by atoms with E-state index in [4.69, 9.17) is 5.11 Å². The Balaban J connectivity index is 2.83. The van der Waals surface area contributed by atoms with Gasteiger partial charge >= 0.3 is 5.97 Å². The summed E-state index contributed by atoms with van der Waals surface area (Å²) in [5.74, 6) is -0.126. The summed E-state index contributed by atoms with van der Waals surface area (Å²) in [5.41, 5.74) is 2.51. The zero-order valence-corrected chi connectivity index (χ0v) is 13.3. The molecule has 1 rings (SSSR count). The molecule has 0 fully saturated rings. The number of aliphatic carboxylic acids is 1. The topological polar surface area (TPSA) is 40.5 Å². The van der Waals surface area contributed by atoms with E-state index in [2.05, 4.69) is 45.0 Å². The van der Waals surface area contributed by atoms with Crippen molar-refractivity contribution in [2.24, 2.45) is 5.92 Å². The third-order valence-corrected chi connectivity index (χ3v) is 3.58. The van der Waals surface area contributed by atoms with Gasteiger partial charge in [-0.3, -0.25) is 9.69 Å². The van der Waals surface area contributed by atoms with E-state index in [9.17, 15) is 4.79 Å². The summed E-state index contributed by atoms with van der Waals surface area (Å²) in [6.45, 7) is 10.6. The molecule has 3 heteroatoms. The minimum atomic E-state index is -0.776. The van der Waals surface area contributed by atoms with Gasteiger partial charge < -0.3 is 5.11 Å². The number of hydrogen-bond acceptors (Lipinski definition) is 2. The molecule has 0 radical (unpaired) electrons. The van der Waals surface area contributed by atoms with E-state index in [1.165, 1.54) is 11.1 Å². The van der Waals surface area contributed by atoms with Crippen molar-refractivity contribution in [1.82, 2.24) is 4.90 Å². The third kappa shape index (κ3) is 4.97. The second-order valence-corrected chi connectivity index (χ2v) is 6.18. The normalized spacial score (nSPS) is 13.2. The van der Waals surface area contributed by atoms with Crippen LogP contribution < -0.4 is 0 Å². The smallest absolute Gasteiger partial charge is 0.317 e. The molecule has 1 N–H and O–H groups in total. The molecule has 1 atom stereocenters. The molecule has 0 aliphatic rings. The first-order valence-corrected chi connectivity index (χ1v) is 7.37. The molecule has 0 amide bonds. The maximum atomic E-state index is 11.0. The number of carboxylic acids is 1. The molecular weight excluding hydrogens is 250 g/mol. The molecule has 1 aromatic carbocycles. The Bertz CT molecular complexity index is 423. The highest BCUT2D eigenvalue weighted by Gasteiger charge is 2.21. The van der Waals surface area contributed by atoms with Crippen LogP contribution in [0.2, 0.25) is 0 Å². The van der Waals surface area contributed by atoms with Crippen molar-refractivity contribution < 1.29 is 9.90 Å². The lowest BCUT2D eigenvalue weighted by Crippen LogP contribution is -2.37. The highest BCUT2D eigenvalue weighted by Crippen LogP contribution is 2.23.